The van der Waals surface area contributed by atoms with Gasteiger partial charge in [0, 0.05) is 39.1 Å². The molecule has 0 amide bonds. The molecule has 0 aliphatic carbocycles. The highest BCUT2D eigenvalue weighted by Gasteiger charge is 2.23. The molecule has 6 nitrogen and oxygen atoms in total. The Morgan fingerprint density at radius 2 is 1.92 bits per heavy atom. The van der Waals surface area contributed by atoms with Gasteiger partial charge in [0.1, 0.15) is 0 Å². The summed E-state index contributed by atoms with van der Waals surface area (Å²) in [4.78, 5) is 24.7. The Morgan fingerprint density at radius 3 is 2.72 bits per heavy atom. The number of aromatic nitrogens is 2. The van der Waals surface area contributed by atoms with Crippen molar-refractivity contribution in [1.29, 1.82) is 0 Å². The Balaban J connectivity index is 1.45. The maximum Gasteiger partial charge on any atom is 0.257 e. The number of hydrogen-bond acceptors (Lipinski definition) is 5. The van der Waals surface area contributed by atoms with Crippen molar-refractivity contribution in [3.8, 4) is 0 Å². The summed E-state index contributed by atoms with van der Waals surface area (Å²) < 4.78 is 5.37. The largest absolute Gasteiger partial charge is 0.378 e. The number of H-pyrrole nitrogens is 1. The molecule has 1 saturated heterocycles. The summed E-state index contributed by atoms with van der Waals surface area (Å²) in [6.07, 6.45) is 1.85. The van der Waals surface area contributed by atoms with Crippen LogP contribution >= 0.6 is 0 Å². The summed E-state index contributed by atoms with van der Waals surface area (Å²) in [7, 11) is 0. The summed E-state index contributed by atoms with van der Waals surface area (Å²) in [6.45, 7) is 5.55. The molecule has 0 bridgehead atoms. The third-order valence-electron chi connectivity index (χ3n) is 5.01. The van der Waals surface area contributed by atoms with Crippen LogP contribution in [0, 0.1) is 0 Å². The van der Waals surface area contributed by atoms with Crippen LogP contribution in [0.1, 0.15) is 16.8 Å². The number of rotatable bonds is 4. The molecule has 0 saturated carbocycles. The quantitative estimate of drug-likeness (QED) is 0.906. The lowest BCUT2D eigenvalue weighted by Gasteiger charge is -2.30. The fourth-order valence-electron chi connectivity index (χ4n) is 3.52. The number of hydrogen-bond donors (Lipinski definition) is 1. The van der Waals surface area contributed by atoms with Gasteiger partial charge in [-0.2, -0.15) is 0 Å². The summed E-state index contributed by atoms with van der Waals surface area (Å²) in [6, 6.07) is 10.5. The van der Waals surface area contributed by atoms with Crippen molar-refractivity contribution in [2.45, 2.75) is 19.4 Å². The Morgan fingerprint density at radius 1 is 1.12 bits per heavy atom. The molecule has 0 radical (unpaired) electrons. The minimum atomic E-state index is 0.0101. The first kappa shape index (κ1) is 16.3. The van der Waals surface area contributed by atoms with Crippen LogP contribution < -0.4 is 10.5 Å². The van der Waals surface area contributed by atoms with E-state index in [1.807, 2.05) is 6.07 Å². The minimum Gasteiger partial charge on any atom is -0.378 e. The van der Waals surface area contributed by atoms with E-state index in [0.29, 0.717) is 25.7 Å². The highest BCUT2D eigenvalue weighted by molar-refractivity contribution is 5.34. The van der Waals surface area contributed by atoms with Crippen molar-refractivity contribution in [3.05, 3.63) is 57.5 Å². The van der Waals surface area contributed by atoms with Crippen LogP contribution in [0.3, 0.4) is 0 Å². The fourth-order valence-corrected chi connectivity index (χ4v) is 3.52. The third kappa shape index (κ3) is 3.75. The molecule has 1 N–H and O–H groups in total. The van der Waals surface area contributed by atoms with E-state index >= 15 is 0 Å². The van der Waals surface area contributed by atoms with E-state index < -0.39 is 0 Å². The van der Waals surface area contributed by atoms with Gasteiger partial charge in [-0.15, -0.1) is 0 Å². The van der Waals surface area contributed by atoms with Crippen LogP contribution in [-0.2, 0) is 24.1 Å². The van der Waals surface area contributed by atoms with Gasteiger partial charge in [0.25, 0.3) is 5.56 Å². The number of fused-ring (bicyclic) bond motifs is 1. The van der Waals surface area contributed by atoms with E-state index in [4.69, 9.17) is 9.72 Å². The lowest BCUT2D eigenvalue weighted by atomic mass is 10.1. The number of morpholine rings is 1. The van der Waals surface area contributed by atoms with Crippen LogP contribution in [0.2, 0.25) is 0 Å². The van der Waals surface area contributed by atoms with Crippen molar-refractivity contribution in [2.75, 3.05) is 44.3 Å². The highest BCUT2D eigenvalue weighted by atomic mass is 16.5. The molecule has 132 valence electrons. The Bertz CT molecular complexity index is 769. The Kier molecular flexibility index (Phi) is 4.81. The first-order valence-corrected chi connectivity index (χ1v) is 9.00. The lowest BCUT2D eigenvalue weighted by molar-refractivity contribution is 0.122. The summed E-state index contributed by atoms with van der Waals surface area (Å²) in [5.41, 5.74) is 3.14. The molecule has 1 aromatic carbocycles. The fraction of sp³-hybridized carbons (Fsp3) is 0.474. The smallest absolute Gasteiger partial charge is 0.257 e. The molecule has 0 atom stereocenters. The molecule has 2 aromatic rings. The number of nitrogens with zero attached hydrogens (tertiary/aromatic N) is 3. The zero-order valence-corrected chi connectivity index (χ0v) is 14.4. The first-order valence-electron chi connectivity index (χ1n) is 9.00. The second-order valence-corrected chi connectivity index (χ2v) is 6.68. The molecule has 1 aromatic heterocycles. The molecule has 1 fully saturated rings. The summed E-state index contributed by atoms with van der Waals surface area (Å²) in [5.74, 6) is 0.699. The minimum absolute atomic E-state index is 0.0101. The first-order chi connectivity index (χ1) is 12.3. The normalized spacial score (nSPS) is 18.2. The average molecular weight is 340 g/mol. The Labute approximate surface area is 147 Å². The zero-order chi connectivity index (χ0) is 17.1. The topological polar surface area (TPSA) is 61.5 Å². The lowest BCUT2D eigenvalue weighted by Crippen LogP contribution is -2.41. The van der Waals surface area contributed by atoms with Crippen molar-refractivity contribution in [1.82, 2.24) is 14.9 Å². The van der Waals surface area contributed by atoms with Gasteiger partial charge in [0.05, 0.1) is 24.5 Å². The monoisotopic (exact) mass is 340 g/mol. The molecule has 0 spiro atoms. The maximum absolute atomic E-state index is 12.6. The summed E-state index contributed by atoms with van der Waals surface area (Å²) in [5, 5.41) is 0. The van der Waals surface area contributed by atoms with Crippen LogP contribution in [0.4, 0.5) is 5.95 Å². The van der Waals surface area contributed by atoms with Crippen molar-refractivity contribution in [3.63, 3.8) is 0 Å². The van der Waals surface area contributed by atoms with Gasteiger partial charge < -0.3 is 9.64 Å². The molecule has 2 aliphatic rings. The van der Waals surface area contributed by atoms with E-state index in [9.17, 15) is 4.79 Å². The molecule has 2 aliphatic heterocycles. The average Bonchev–Trinajstić information content (AvgIpc) is 2.68. The van der Waals surface area contributed by atoms with Crippen molar-refractivity contribution in [2.24, 2.45) is 0 Å². The van der Waals surface area contributed by atoms with Gasteiger partial charge in [-0.3, -0.25) is 14.7 Å². The maximum atomic E-state index is 12.6. The van der Waals surface area contributed by atoms with E-state index in [2.05, 4.69) is 39.0 Å². The predicted octanol–water partition coefficient (Wildman–Crippen LogP) is 1.21. The Hall–Kier alpha value is -2.18. The van der Waals surface area contributed by atoms with Crippen LogP contribution in [-0.4, -0.2) is 54.3 Å². The van der Waals surface area contributed by atoms with Gasteiger partial charge in [0.15, 0.2) is 0 Å². The predicted molar refractivity (Wildman–Crippen MR) is 97.0 cm³/mol. The summed E-state index contributed by atoms with van der Waals surface area (Å²) >= 11 is 0. The van der Waals surface area contributed by atoms with Crippen molar-refractivity contribution < 1.29 is 4.74 Å². The highest BCUT2D eigenvalue weighted by Crippen LogP contribution is 2.17. The molecule has 25 heavy (non-hydrogen) atoms. The van der Waals surface area contributed by atoms with E-state index in [-0.39, 0.29) is 5.56 Å². The number of anilines is 1. The van der Waals surface area contributed by atoms with Crippen LogP contribution in [0.5, 0.6) is 0 Å². The molecule has 4 rings (SSSR count). The van der Waals surface area contributed by atoms with Crippen molar-refractivity contribution >= 4 is 5.95 Å². The molecule has 0 unspecified atom stereocenters. The van der Waals surface area contributed by atoms with Gasteiger partial charge in [0.2, 0.25) is 5.95 Å². The number of aromatic amines is 1. The third-order valence-corrected chi connectivity index (χ3v) is 5.01. The van der Waals surface area contributed by atoms with Gasteiger partial charge in [-0.05, 0) is 12.0 Å². The second-order valence-electron chi connectivity index (χ2n) is 6.68. The number of benzene rings is 1. The van der Waals surface area contributed by atoms with E-state index in [0.717, 1.165) is 50.3 Å². The second kappa shape index (κ2) is 7.37. The van der Waals surface area contributed by atoms with Gasteiger partial charge >= 0.3 is 0 Å². The van der Waals surface area contributed by atoms with Crippen LogP contribution in [0.15, 0.2) is 35.1 Å². The SMILES string of the molecule is O=c1[nH]c(N2CCOCC2)nc2c1CN(CCc1ccccc1)CC2. The van der Waals surface area contributed by atoms with Gasteiger partial charge in [-0.1, -0.05) is 30.3 Å². The number of ether oxygens (including phenoxy) is 1. The molecular weight excluding hydrogens is 316 g/mol. The van der Waals surface area contributed by atoms with E-state index in [1.54, 1.807) is 0 Å². The van der Waals surface area contributed by atoms with E-state index in [1.165, 1.54) is 5.56 Å². The van der Waals surface area contributed by atoms with Crippen LogP contribution in [0.25, 0.3) is 0 Å². The number of nitrogens with one attached hydrogen (secondary N) is 1. The molecule has 6 heteroatoms. The molecular formula is C19H24N4O2. The zero-order valence-electron chi connectivity index (χ0n) is 14.4. The molecule has 3 heterocycles. The van der Waals surface area contributed by atoms with Gasteiger partial charge in [-0.25, -0.2) is 4.98 Å². The standard InChI is InChI=1S/C19H24N4O2/c24-18-16-14-22(8-6-15-4-2-1-3-5-15)9-7-17(16)20-19(21-18)23-10-12-25-13-11-23/h1-5H,6-14H2,(H,20,21,24).